The minimum absolute atomic E-state index is 0.0928. The number of carboxylic acid groups (broad SMARTS) is 1. The predicted molar refractivity (Wildman–Crippen MR) is 128 cm³/mol. The van der Waals surface area contributed by atoms with Crippen LogP contribution in [0, 0.1) is 0 Å². The van der Waals surface area contributed by atoms with Crippen LogP contribution >= 0.6 is 11.6 Å². The lowest BCUT2D eigenvalue weighted by molar-refractivity contribution is 0.0697. The van der Waals surface area contributed by atoms with Crippen LogP contribution in [0.3, 0.4) is 0 Å². The number of carbonyl (C=O) groups is 1. The normalized spacial score (nSPS) is 12.4. The van der Waals surface area contributed by atoms with Crippen molar-refractivity contribution in [3.63, 3.8) is 0 Å². The average Bonchev–Trinajstić information content (AvgIpc) is 3.36. The molecule has 0 fully saturated rings. The fraction of sp³-hybridized carbons (Fsp3) is 0. The van der Waals surface area contributed by atoms with Crippen LogP contribution in [-0.4, -0.2) is 40.7 Å². The second-order valence-corrected chi connectivity index (χ2v) is 7.86. The highest BCUT2D eigenvalue weighted by Crippen LogP contribution is 2.19. The number of hydrogen-bond acceptors (Lipinski definition) is 7. The van der Waals surface area contributed by atoms with Crippen molar-refractivity contribution in [1.82, 2.24) is 24.6 Å². The summed E-state index contributed by atoms with van der Waals surface area (Å²) in [6, 6.07) is 14.9. The molecule has 5 rings (SSSR count). The molecule has 35 heavy (non-hydrogen) atoms. The lowest BCUT2D eigenvalue weighted by Crippen LogP contribution is -2.18. The molecule has 0 aliphatic rings. The van der Waals surface area contributed by atoms with Crippen LogP contribution in [0.4, 0.5) is 17.2 Å². The van der Waals surface area contributed by atoms with Gasteiger partial charge in [-0.3, -0.25) is 4.98 Å². The van der Waals surface area contributed by atoms with E-state index >= 15 is 0 Å². The van der Waals surface area contributed by atoms with E-state index in [1.165, 1.54) is 28.9 Å². The molecule has 0 atom stereocenters. The molecule has 0 amide bonds. The van der Waals surface area contributed by atoms with Gasteiger partial charge in [0.1, 0.15) is 11.5 Å². The number of nitrogens with one attached hydrogen (secondary N) is 3. The van der Waals surface area contributed by atoms with Crippen molar-refractivity contribution in [2.24, 2.45) is 4.99 Å². The zero-order valence-electron chi connectivity index (χ0n) is 17.7. The van der Waals surface area contributed by atoms with Gasteiger partial charge in [0.2, 0.25) is 5.88 Å². The number of H-pyrrole nitrogens is 2. The van der Waals surface area contributed by atoms with E-state index in [1.807, 2.05) is 6.07 Å². The Bertz CT molecular complexity index is 1770. The van der Waals surface area contributed by atoms with E-state index in [2.05, 4.69) is 30.4 Å². The minimum atomic E-state index is -1.07. The number of fused-ring (bicyclic) bond motifs is 1. The number of imidazole rings is 1. The fourth-order valence-corrected chi connectivity index (χ4v) is 3.60. The smallest absolute Gasteiger partial charge is 0.335 e. The molecule has 0 aliphatic carbocycles. The standard InChI is InChI=1S/C23H16ClN7O4/c24-14-4-2-6-16(9-14)26-18-10-19(27-15-5-1-3-12(7-15)22(33)34)31-20(29-18)13(11-25-31)8-17-21(32)30-23(35)28-17/h1-11,26,32H,(H,33,34)(H2,28,30,35)/b13-8-,27-19?. The Hall–Kier alpha value is -4.90. The van der Waals surface area contributed by atoms with Gasteiger partial charge >= 0.3 is 11.7 Å². The van der Waals surface area contributed by atoms with E-state index in [1.54, 1.807) is 36.4 Å². The van der Waals surface area contributed by atoms with E-state index in [9.17, 15) is 19.8 Å². The van der Waals surface area contributed by atoms with Crippen LogP contribution in [0.2, 0.25) is 5.02 Å². The van der Waals surface area contributed by atoms with Gasteiger partial charge in [0.15, 0.2) is 11.1 Å². The summed E-state index contributed by atoms with van der Waals surface area (Å²) in [5.41, 5.74) is 1.50. The van der Waals surface area contributed by atoms with Crippen LogP contribution in [0.1, 0.15) is 16.1 Å². The maximum Gasteiger partial charge on any atom is 0.335 e. The summed E-state index contributed by atoms with van der Waals surface area (Å²) >= 11 is 6.10. The largest absolute Gasteiger partial charge is 0.493 e. The van der Waals surface area contributed by atoms with Crippen LogP contribution < -0.4 is 21.7 Å². The topological polar surface area (TPSA) is 161 Å². The Morgan fingerprint density at radius 2 is 1.97 bits per heavy atom. The van der Waals surface area contributed by atoms with Gasteiger partial charge in [0.25, 0.3) is 0 Å². The van der Waals surface area contributed by atoms with E-state index < -0.39 is 11.7 Å². The number of halogens is 1. The van der Waals surface area contributed by atoms with Gasteiger partial charge in [-0.2, -0.15) is 9.61 Å². The van der Waals surface area contributed by atoms with Gasteiger partial charge in [0.05, 0.1) is 17.4 Å². The average molecular weight is 490 g/mol. The van der Waals surface area contributed by atoms with Gasteiger partial charge < -0.3 is 20.5 Å². The summed E-state index contributed by atoms with van der Waals surface area (Å²) in [5, 5.41) is 27.8. The Morgan fingerprint density at radius 1 is 1.14 bits per heavy atom. The summed E-state index contributed by atoms with van der Waals surface area (Å²) in [7, 11) is 0. The Balaban J connectivity index is 1.73. The number of aromatic carboxylic acids is 1. The molecule has 0 saturated carbocycles. The van der Waals surface area contributed by atoms with Gasteiger partial charge in [-0.1, -0.05) is 23.7 Å². The van der Waals surface area contributed by atoms with Crippen LogP contribution in [0.5, 0.6) is 5.88 Å². The molecule has 0 unspecified atom stereocenters. The maximum atomic E-state index is 11.5. The first kappa shape index (κ1) is 21.9. The summed E-state index contributed by atoms with van der Waals surface area (Å²) in [6.07, 6.45) is 3.02. The molecule has 0 bridgehead atoms. The van der Waals surface area contributed by atoms with Crippen molar-refractivity contribution in [1.29, 1.82) is 0 Å². The van der Waals surface area contributed by atoms with Crippen molar-refractivity contribution >= 4 is 46.5 Å². The quantitative estimate of drug-likeness (QED) is 0.253. The molecule has 5 N–H and O–H groups in total. The SMILES string of the molecule is O=C(O)c1cccc(N=c2cc(Nc3cccc(Cl)c3)nc3/c(=C\c4[nH]c(=O)[nH]c4O)cnn23)c1. The molecule has 3 aromatic heterocycles. The Labute approximate surface area is 200 Å². The summed E-state index contributed by atoms with van der Waals surface area (Å²) in [4.78, 5) is 36.8. The van der Waals surface area contributed by atoms with Crippen molar-refractivity contribution in [2.75, 3.05) is 5.32 Å². The molecule has 3 heterocycles. The number of anilines is 2. The predicted octanol–water partition coefficient (Wildman–Crippen LogP) is 2.33. The lowest BCUT2D eigenvalue weighted by atomic mass is 10.2. The van der Waals surface area contributed by atoms with Crippen molar-refractivity contribution in [3.8, 4) is 5.88 Å². The molecule has 0 aliphatic heterocycles. The molecule has 11 nitrogen and oxygen atoms in total. The number of carboxylic acids is 1. The zero-order valence-corrected chi connectivity index (χ0v) is 18.5. The van der Waals surface area contributed by atoms with Crippen LogP contribution in [-0.2, 0) is 0 Å². The molecule has 0 radical (unpaired) electrons. The highest BCUT2D eigenvalue weighted by Gasteiger charge is 2.09. The maximum absolute atomic E-state index is 11.5. The molecule has 0 spiro atoms. The van der Waals surface area contributed by atoms with E-state index in [0.717, 1.165) is 0 Å². The van der Waals surface area contributed by atoms with E-state index in [4.69, 9.17) is 11.6 Å². The number of aromatic hydroxyl groups is 1. The van der Waals surface area contributed by atoms with Gasteiger partial charge in [0, 0.05) is 22.0 Å². The third kappa shape index (κ3) is 4.61. The Kier molecular flexibility index (Phi) is 5.51. The third-order valence-corrected chi connectivity index (χ3v) is 5.18. The second kappa shape index (κ2) is 8.80. The minimum Gasteiger partial charge on any atom is -0.493 e. The summed E-state index contributed by atoms with van der Waals surface area (Å²) < 4.78 is 1.46. The van der Waals surface area contributed by atoms with E-state index in [0.29, 0.717) is 38.6 Å². The molecular weight excluding hydrogens is 474 g/mol. The van der Waals surface area contributed by atoms with Crippen molar-refractivity contribution in [2.45, 2.75) is 0 Å². The number of aromatic amines is 2. The van der Waals surface area contributed by atoms with Crippen LogP contribution in [0.25, 0.3) is 11.7 Å². The first-order valence-corrected chi connectivity index (χ1v) is 10.6. The molecule has 2 aromatic carbocycles. The fourth-order valence-electron chi connectivity index (χ4n) is 3.41. The first-order valence-electron chi connectivity index (χ1n) is 10.2. The highest BCUT2D eigenvalue weighted by atomic mass is 35.5. The number of nitrogens with zero attached hydrogens (tertiary/aromatic N) is 4. The Morgan fingerprint density at radius 3 is 2.71 bits per heavy atom. The summed E-state index contributed by atoms with van der Waals surface area (Å²) in [6.45, 7) is 0. The number of hydrogen-bond donors (Lipinski definition) is 5. The third-order valence-electron chi connectivity index (χ3n) is 4.95. The van der Waals surface area contributed by atoms with Gasteiger partial charge in [-0.15, -0.1) is 0 Å². The highest BCUT2D eigenvalue weighted by molar-refractivity contribution is 6.30. The number of benzene rings is 2. The second-order valence-electron chi connectivity index (χ2n) is 7.42. The lowest BCUT2D eigenvalue weighted by Gasteiger charge is -2.07. The molecule has 174 valence electrons. The monoisotopic (exact) mass is 489 g/mol. The molecule has 5 aromatic rings. The first-order chi connectivity index (χ1) is 16.9. The molecular formula is C23H16ClN7O4. The number of aromatic nitrogens is 5. The van der Waals surface area contributed by atoms with E-state index in [-0.39, 0.29) is 17.1 Å². The van der Waals surface area contributed by atoms with Crippen LogP contribution in [0.15, 0.2) is 70.6 Å². The van der Waals surface area contributed by atoms with Crippen molar-refractivity contribution < 1.29 is 15.0 Å². The van der Waals surface area contributed by atoms with Gasteiger partial charge in [-0.25, -0.2) is 19.6 Å². The zero-order chi connectivity index (χ0) is 24.5. The summed E-state index contributed by atoms with van der Waals surface area (Å²) in [5.74, 6) is -0.977. The van der Waals surface area contributed by atoms with Gasteiger partial charge in [-0.05, 0) is 42.5 Å². The molecule has 0 saturated heterocycles. The molecule has 12 heteroatoms. The number of rotatable bonds is 5. The van der Waals surface area contributed by atoms with Crippen molar-refractivity contribution in [3.05, 3.63) is 98.3 Å².